The first-order valence-electron chi connectivity index (χ1n) is 4.66. The number of aliphatic hydroxyl groups excluding tert-OH is 1. The first kappa shape index (κ1) is 11.3. The van der Waals surface area contributed by atoms with E-state index in [2.05, 4.69) is 21.2 Å². The molecule has 0 aromatic heterocycles. The van der Waals surface area contributed by atoms with Crippen LogP contribution in [0.5, 0.6) is 0 Å². The Morgan fingerprint density at radius 1 is 1.62 bits per heavy atom. The van der Waals surface area contributed by atoms with Crippen LogP contribution in [-0.2, 0) is 6.42 Å². The van der Waals surface area contributed by atoms with Crippen LogP contribution < -0.4 is 11.1 Å². The number of rotatable bonds is 1. The molecule has 2 atom stereocenters. The highest BCUT2D eigenvalue weighted by Gasteiger charge is 2.29. The van der Waals surface area contributed by atoms with Crippen LogP contribution in [0.4, 0.5) is 11.4 Å². The van der Waals surface area contributed by atoms with Crippen LogP contribution in [0.1, 0.15) is 5.56 Å². The second-order valence-corrected chi connectivity index (χ2v) is 4.59. The van der Waals surface area contributed by atoms with Crippen LogP contribution in [0.3, 0.4) is 0 Å². The van der Waals surface area contributed by atoms with E-state index in [0.29, 0.717) is 16.6 Å². The molecule has 86 valence electrons. The molecular weight excluding hydrogens is 278 g/mol. The Kier molecular flexibility index (Phi) is 2.83. The molecule has 0 saturated heterocycles. The number of halogens is 1. The molecule has 0 radical (unpaired) electrons. The third-order valence-electron chi connectivity index (χ3n) is 2.51. The summed E-state index contributed by atoms with van der Waals surface area (Å²) in [6.45, 7) is 0. The van der Waals surface area contributed by atoms with Crippen LogP contribution in [0, 0.1) is 10.1 Å². The van der Waals surface area contributed by atoms with Gasteiger partial charge in [-0.3, -0.25) is 10.1 Å². The second-order valence-electron chi connectivity index (χ2n) is 3.67. The molecule has 0 bridgehead atoms. The summed E-state index contributed by atoms with van der Waals surface area (Å²) in [5.41, 5.74) is 6.70. The number of nitrogens with zero attached hydrogens (tertiary/aromatic N) is 1. The fourth-order valence-corrected chi connectivity index (χ4v) is 2.23. The van der Waals surface area contributed by atoms with Crippen LogP contribution in [0.25, 0.3) is 0 Å². The van der Waals surface area contributed by atoms with Gasteiger partial charge in [0.15, 0.2) is 0 Å². The normalized spacial score (nSPS) is 23.4. The summed E-state index contributed by atoms with van der Waals surface area (Å²) in [5.74, 6) is 0. The summed E-state index contributed by atoms with van der Waals surface area (Å²) < 4.78 is 0.628. The van der Waals surface area contributed by atoms with Crippen molar-refractivity contribution in [1.29, 1.82) is 0 Å². The van der Waals surface area contributed by atoms with Gasteiger partial charge in [-0.1, -0.05) is 15.9 Å². The maximum Gasteiger partial charge on any atom is 0.293 e. The summed E-state index contributed by atoms with van der Waals surface area (Å²) >= 11 is 3.21. The molecule has 0 fully saturated rings. The van der Waals surface area contributed by atoms with Gasteiger partial charge in [-0.25, -0.2) is 0 Å². The van der Waals surface area contributed by atoms with Crippen molar-refractivity contribution >= 4 is 27.3 Å². The van der Waals surface area contributed by atoms with Gasteiger partial charge >= 0.3 is 0 Å². The zero-order valence-corrected chi connectivity index (χ0v) is 9.77. The van der Waals surface area contributed by atoms with Crippen molar-refractivity contribution in [2.24, 2.45) is 5.73 Å². The van der Waals surface area contributed by atoms with Crippen molar-refractivity contribution < 1.29 is 10.0 Å². The zero-order valence-electron chi connectivity index (χ0n) is 8.18. The SMILES string of the molecule is NC1Cc2cc(Br)cc([N+](=O)[O-])c2NC1O. The van der Waals surface area contributed by atoms with E-state index in [1.807, 2.05) is 0 Å². The third-order valence-corrected chi connectivity index (χ3v) is 2.97. The highest BCUT2D eigenvalue weighted by Crippen LogP contribution is 2.35. The Hall–Kier alpha value is -1.18. The first-order chi connectivity index (χ1) is 7.49. The monoisotopic (exact) mass is 287 g/mol. The van der Waals surface area contributed by atoms with Gasteiger partial charge in [0.2, 0.25) is 0 Å². The number of benzene rings is 1. The zero-order chi connectivity index (χ0) is 11.9. The molecule has 2 rings (SSSR count). The molecule has 1 heterocycles. The molecular formula is C9H10BrN3O3. The molecule has 0 aliphatic carbocycles. The van der Waals surface area contributed by atoms with E-state index in [1.165, 1.54) is 6.07 Å². The molecule has 6 nitrogen and oxygen atoms in total. The number of hydrogen-bond acceptors (Lipinski definition) is 5. The van der Waals surface area contributed by atoms with E-state index in [1.54, 1.807) is 6.07 Å². The number of nitrogens with two attached hydrogens (primary N) is 1. The lowest BCUT2D eigenvalue weighted by Gasteiger charge is -2.28. The molecule has 16 heavy (non-hydrogen) atoms. The largest absolute Gasteiger partial charge is 0.372 e. The van der Waals surface area contributed by atoms with E-state index >= 15 is 0 Å². The lowest BCUT2D eigenvalue weighted by atomic mass is 9.98. The number of nitro benzene ring substituents is 1. The quantitative estimate of drug-likeness (QED) is 0.528. The summed E-state index contributed by atoms with van der Waals surface area (Å²) in [6.07, 6.45) is -0.545. The average Bonchev–Trinajstić information content (AvgIpc) is 2.19. The highest BCUT2D eigenvalue weighted by molar-refractivity contribution is 9.10. The Bertz CT molecular complexity index is 452. The van der Waals surface area contributed by atoms with Crippen molar-refractivity contribution in [3.05, 3.63) is 32.3 Å². The van der Waals surface area contributed by atoms with Gasteiger partial charge in [0.1, 0.15) is 11.9 Å². The van der Waals surface area contributed by atoms with Gasteiger partial charge in [0, 0.05) is 10.5 Å². The summed E-state index contributed by atoms with van der Waals surface area (Å²) in [5, 5.41) is 23.0. The Morgan fingerprint density at radius 3 is 2.94 bits per heavy atom. The molecule has 1 aromatic rings. The Balaban J connectivity index is 2.54. The average molecular weight is 288 g/mol. The Morgan fingerprint density at radius 2 is 2.31 bits per heavy atom. The number of hydrogen-bond donors (Lipinski definition) is 3. The molecule has 1 aliphatic rings. The van der Waals surface area contributed by atoms with E-state index in [0.717, 1.165) is 5.56 Å². The van der Waals surface area contributed by atoms with Gasteiger partial charge in [-0.05, 0) is 18.1 Å². The number of fused-ring (bicyclic) bond motifs is 1. The molecule has 1 aliphatic heterocycles. The van der Waals surface area contributed by atoms with Crippen molar-refractivity contribution in [2.45, 2.75) is 18.7 Å². The Labute approximate surface area is 99.7 Å². The first-order valence-corrected chi connectivity index (χ1v) is 5.45. The molecule has 7 heteroatoms. The highest BCUT2D eigenvalue weighted by atomic mass is 79.9. The number of nitrogens with one attached hydrogen (secondary N) is 1. The number of aliphatic hydroxyl groups is 1. The maximum absolute atomic E-state index is 10.8. The smallest absolute Gasteiger partial charge is 0.293 e. The third kappa shape index (κ3) is 1.89. The summed E-state index contributed by atoms with van der Waals surface area (Å²) in [4.78, 5) is 10.4. The van der Waals surface area contributed by atoms with Gasteiger partial charge in [0.25, 0.3) is 5.69 Å². The van der Waals surface area contributed by atoms with E-state index in [-0.39, 0.29) is 5.69 Å². The molecule has 0 saturated carbocycles. The minimum Gasteiger partial charge on any atom is -0.372 e. The lowest BCUT2D eigenvalue weighted by molar-refractivity contribution is -0.384. The molecule has 2 unspecified atom stereocenters. The molecule has 1 aromatic carbocycles. The van der Waals surface area contributed by atoms with Crippen molar-refractivity contribution in [2.75, 3.05) is 5.32 Å². The van der Waals surface area contributed by atoms with E-state index in [4.69, 9.17) is 5.73 Å². The topological polar surface area (TPSA) is 101 Å². The van der Waals surface area contributed by atoms with Crippen LogP contribution in [0.15, 0.2) is 16.6 Å². The fraction of sp³-hybridized carbons (Fsp3) is 0.333. The predicted octanol–water partition coefficient (Wildman–Crippen LogP) is 0.971. The van der Waals surface area contributed by atoms with Crippen LogP contribution in [-0.4, -0.2) is 22.3 Å². The van der Waals surface area contributed by atoms with Crippen molar-refractivity contribution in [1.82, 2.24) is 0 Å². The predicted molar refractivity (Wildman–Crippen MR) is 62.1 cm³/mol. The maximum atomic E-state index is 10.8. The van der Waals surface area contributed by atoms with Gasteiger partial charge in [-0.15, -0.1) is 0 Å². The molecule has 0 amide bonds. The van der Waals surface area contributed by atoms with Crippen molar-refractivity contribution in [3.8, 4) is 0 Å². The minimum absolute atomic E-state index is 0.0599. The van der Waals surface area contributed by atoms with E-state index < -0.39 is 17.2 Å². The van der Waals surface area contributed by atoms with Gasteiger partial charge < -0.3 is 16.2 Å². The summed E-state index contributed by atoms with van der Waals surface area (Å²) in [7, 11) is 0. The summed E-state index contributed by atoms with van der Waals surface area (Å²) in [6, 6.07) is 2.71. The number of nitro groups is 1. The molecule has 4 N–H and O–H groups in total. The lowest BCUT2D eigenvalue weighted by Crippen LogP contribution is -2.45. The molecule has 0 spiro atoms. The minimum atomic E-state index is -0.952. The number of anilines is 1. The van der Waals surface area contributed by atoms with Crippen molar-refractivity contribution in [3.63, 3.8) is 0 Å². The van der Waals surface area contributed by atoms with Gasteiger partial charge in [0.05, 0.1) is 11.0 Å². The van der Waals surface area contributed by atoms with Crippen LogP contribution >= 0.6 is 15.9 Å². The van der Waals surface area contributed by atoms with Crippen LogP contribution in [0.2, 0.25) is 0 Å². The second kappa shape index (κ2) is 4.00. The van der Waals surface area contributed by atoms with Gasteiger partial charge in [-0.2, -0.15) is 0 Å². The standard InChI is InChI=1S/C9H10BrN3O3/c10-5-1-4-2-6(11)9(14)12-8(4)7(3-5)13(15)16/h1,3,6,9,12,14H,2,11H2. The fourth-order valence-electron chi connectivity index (χ4n) is 1.74. The van der Waals surface area contributed by atoms with E-state index in [9.17, 15) is 15.2 Å².